The lowest BCUT2D eigenvalue weighted by molar-refractivity contribution is 0.0526. The summed E-state index contributed by atoms with van der Waals surface area (Å²) >= 11 is 1.71. The molecule has 5 heteroatoms. The van der Waals surface area contributed by atoms with Gasteiger partial charge in [-0.15, -0.1) is 11.3 Å². The van der Waals surface area contributed by atoms with Crippen molar-refractivity contribution >= 4 is 27.5 Å². The molecule has 0 aliphatic carbocycles. The Morgan fingerprint density at radius 1 is 1.45 bits per heavy atom. The van der Waals surface area contributed by atoms with Gasteiger partial charge >= 0.3 is 5.97 Å². The maximum absolute atomic E-state index is 11.8. The molecule has 0 bridgehead atoms. The lowest BCUT2D eigenvalue weighted by atomic mass is 9.99. The molecule has 1 aromatic carbocycles. The third kappa shape index (κ3) is 2.69. The van der Waals surface area contributed by atoms with Crippen LogP contribution in [-0.4, -0.2) is 30.6 Å². The number of esters is 1. The molecule has 20 heavy (non-hydrogen) atoms. The molecule has 1 N–H and O–H groups in total. The first-order valence-corrected chi connectivity index (χ1v) is 7.88. The monoisotopic (exact) mass is 290 g/mol. The number of thiazole rings is 1. The smallest absolute Gasteiger partial charge is 0.338 e. The predicted octanol–water partition coefficient (Wildman–Crippen LogP) is 2.94. The van der Waals surface area contributed by atoms with E-state index in [0.717, 1.165) is 36.1 Å². The zero-order chi connectivity index (χ0) is 13.9. The number of nitrogens with one attached hydrogen (secondary N) is 1. The second-order valence-electron chi connectivity index (χ2n) is 4.98. The van der Waals surface area contributed by atoms with Gasteiger partial charge in [-0.25, -0.2) is 9.78 Å². The van der Waals surface area contributed by atoms with Gasteiger partial charge in [-0.2, -0.15) is 0 Å². The Morgan fingerprint density at radius 2 is 2.25 bits per heavy atom. The minimum Gasteiger partial charge on any atom is -0.462 e. The minimum absolute atomic E-state index is 0.258. The van der Waals surface area contributed by atoms with E-state index >= 15 is 0 Å². The first kappa shape index (κ1) is 13.5. The molecule has 4 nitrogen and oxygen atoms in total. The standard InChI is InChI=1S/C15H18N2O2S/c1-2-19-15(18)11-3-4-12-13(9-11)20-14(17-12)10-5-7-16-8-6-10/h3-4,9-10,16H,2,5-8H2,1H3. The molecule has 0 saturated carbocycles. The van der Waals surface area contributed by atoms with Crippen molar-refractivity contribution in [1.29, 1.82) is 0 Å². The fourth-order valence-corrected chi connectivity index (χ4v) is 3.70. The summed E-state index contributed by atoms with van der Waals surface area (Å²) in [5.41, 5.74) is 1.59. The number of rotatable bonds is 3. The van der Waals surface area contributed by atoms with E-state index in [1.807, 2.05) is 19.1 Å². The maximum Gasteiger partial charge on any atom is 0.338 e. The molecule has 0 amide bonds. The lowest BCUT2D eigenvalue weighted by Crippen LogP contribution is -2.26. The number of hydrogen-bond acceptors (Lipinski definition) is 5. The van der Waals surface area contributed by atoms with E-state index in [4.69, 9.17) is 9.72 Å². The molecule has 1 saturated heterocycles. The van der Waals surface area contributed by atoms with Crippen molar-refractivity contribution in [3.63, 3.8) is 0 Å². The molecule has 2 heterocycles. The highest BCUT2D eigenvalue weighted by Gasteiger charge is 2.19. The van der Waals surface area contributed by atoms with Gasteiger partial charge in [0.05, 0.1) is 27.4 Å². The Morgan fingerprint density at radius 3 is 3.00 bits per heavy atom. The van der Waals surface area contributed by atoms with E-state index in [-0.39, 0.29) is 5.97 Å². The molecule has 0 radical (unpaired) electrons. The van der Waals surface area contributed by atoms with E-state index in [1.165, 1.54) is 5.01 Å². The molecule has 1 aliphatic heterocycles. The summed E-state index contributed by atoms with van der Waals surface area (Å²) in [6, 6.07) is 5.62. The summed E-state index contributed by atoms with van der Waals surface area (Å²) in [6.45, 7) is 4.35. The molecular formula is C15H18N2O2S. The quantitative estimate of drug-likeness (QED) is 0.883. The molecule has 0 atom stereocenters. The van der Waals surface area contributed by atoms with Crippen LogP contribution in [0.25, 0.3) is 10.2 Å². The number of nitrogens with zero attached hydrogens (tertiary/aromatic N) is 1. The van der Waals surface area contributed by atoms with Crippen LogP contribution in [0.15, 0.2) is 18.2 Å². The van der Waals surface area contributed by atoms with E-state index in [2.05, 4.69) is 5.32 Å². The number of benzene rings is 1. The second kappa shape index (κ2) is 5.89. The van der Waals surface area contributed by atoms with E-state index in [0.29, 0.717) is 18.1 Å². The number of piperidine rings is 1. The fourth-order valence-electron chi connectivity index (χ4n) is 2.53. The lowest BCUT2D eigenvalue weighted by Gasteiger charge is -2.20. The molecular weight excluding hydrogens is 272 g/mol. The molecule has 1 fully saturated rings. The van der Waals surface area contributed by atoms with Gasteiger partial charge in [0, 0.05) is 5.92 Å². The second-order valence-corrected chi connectivity index (χ2v) is 6.04. The van der Waals surface area contributed by atoms with Crippen molar-refractivity contribution in [3.8, 4) is 0 Å². The Hall–Kier alpha value is -1.46. The van der Waals surface area contributed by atoms with Crippen molar-refractivity contribution in [2.45, 2.75) is 25.7 Å². The topological polar surface area (TPSA) is 51.2 Å². The summed E-state index contributed by atoms with van der Waals surface area (Å²) in [5, 5.41) is 4.57. The van der Waals surface area contributed by atoms with Crippen LogP contribution in [0.3, 0.4) is 0 Å². The SMILES string of the molecule is CCOC(=O)c1ccc2nc(C3CCNCC3)sc2c1. The van der Waals surface area contributed by atoms with E-state index in [1.54, 1.807) is 17.4 Å². The van der Waals surface area contributed by atoms with Crippen LogP contribution in [-0.2, 0) is 4.74 Å². The Kier molecular flexibility index (Phi) is 3.98. The molecule has 0 spiro atoms. The van der Waals surface area contributed by atoms with Crippen LogP contribution >= 0.6 is 11.3 Å². The molecule has 0 unspecified atom stereocenters. The average Bonchev–Trinajstić information content (AvgIpc) is 2.91. The van der Waals surface area contributed by atoms with Crippen LogP contribution in [0.1, 0.15) is 41.0 Å². The first-order valence-electron chi connectivity index (χ1n) is 7.06. The summed E-state index contributed by atoms with van der Waals surface area (Å²) in [5.74, 6) is 0.297. The van der Waals surface area contributed by atoms with Crippen LogP contribution in [0, 0.1) is 0 Å². The first-order chi connectivity index (χ1) is 9.78. The number of ether oxygens (including phenoxy) is 1. The Labute approximate surface area is 122 Å². The maximum atomic E-state index is 11.8. The third-order valence-electron chi connectivity index (χ3n) is 3.60. The van der Waals surface area contributed by atoms with Gasteiger partial charge in [0.15, 0.2) is 0 Å². The van der Waals surface area contributed by atoms with Gasteiger partial charge in [0.1, 0.15) is 0 Å². The van der Waals surface area contributed by atoms with Crippen molar-refractivity contribution in [2.75, 3.05) is 19.7 Å². The summed E-state index contributed by atoms with van der Waals surface area (Å²) in [6.07, 6.45) is 2.29. The van der Waals surface area contributed by atoms with Crippen molar-refractivity contribution < 1.29 is 9.53 Å². The fraction of sp³-hybridized carbons (Fsp3) is 0.467. The van der Waals surface area contributed by atoms with Crippen LogP contribution in [0.4, 0.5) is 0 Å². The van der Waals surface area contributed by atoms with Gasteiger partial charge in [-0.05, 0) is 51.1 Å². The number of aromatic nitrogens is 1. The molecule has 1 aromatic heterocycles. The normalized spacial score (nSPS) is 16.4. The highest BCUT2D eigenvalue weighted by Crippen LogP contribution is 2.32. The number of hydrogen-bond donors (Lipinski definition) is 1. The molecule has 1 aliphatic rings. The Bertz CT molecular complexity index is 617. The minimum atomic E-state index is -0.258. The highest BCUT2D eigenvalue weighted by atomic mass is 32.1. The van der Waals surface area contributed by atoms with Crippen molar-refractivity contribution in [2.24, 2.45) is 0 Å². The number of carbonyl (C=O) groups is 1. The van der Waals surface area contributed by atoms with Crippen LogP contribution < -0.4 is 5.32 Å². The zero-order valence-corrected chi connectivity index (χ0v) is 12.3. The van der Waals surface area contributed by atoms with Crippen molar-refractivity contribution in [3.05, 3.63) is 28.8 Å². The third-order valence-corrected chi connectivity index (χ3v) is 4.79. The highest BCUT2D eigenvalue weighted by molar-refractivity contribution is 7.18. The van der Waals surface area contributed by atoms with E-state index in [9.17, 15) is 4.79 Å². The Balaban J connectivity index is 1.88. The average molecular weight is 290 g/mol. The van der Waals surface area contributed by atoms with Crippen LogP contribution in [0.2, 0.25) is 0 Å². The van der Waals surface area contributed by atoms with Gasteiger partial charge < -0.3 is 10.1 Å². The predicted molar refractivity (Wildman–Crippen MR) is 80.4 cm³/mol. The zero-order valence-electron chi connectivity index (χ0n) is 11.5. The van der Waals surface area contributed by atoms with Crippen molar-refractivity contribution in [1.82, 2.24) is 10.3 Å². The van der Waals surface area contributed by atoms with Gasteiger partial charge in [0.2, 0.25) is 0 Å². The van der Waals surface area contributed by atoms with Crippen LogP contribution in [0.5, 0.6) is 0 Å². The molecule has 2 aromatic rings. The number of carbonyl (C=O) groups excluding carboxylic acids is 1. The van der Waals surface area contributed by atoms with Gasteiger partial charge in [0.25, 0.3) is 0 Å². The van der Waals surface area contributed by atoms with Gasteiger partial charge in [-0.1, -0.05) is 0 Å². The number of fused-ring (bicyclic) bond motifs is 1. The summed E-state index contributed by atoms with van der Waals surface area (Å²) < 4.78 is 6.11. The summed E-state index contributed by atoms with van der Waals surface area (Å²) in [4.78, 5) is 16.5. The summed E-state index contributed by atoms with van der Waals surface area (Å²) in [7, 11) is 0. The molecule has 106 valence electrons. The molecule has 3 rings (SSSR count). The largest absolute Gasteiger partial charge is 0.462 e. The van der Waals surface area contributed by atoms with Gasteiger partial charge in [-0.3, -0.25) is 0 Å². The van der Waals surface area contributed by atoms with E-state index < -0.39 is 0 Å².